The molecule has 0 amide bonds. The molecule has 0 radical (unpaired) electrons. The number of nitrogens with one attached hydrogen (secondary N) is 1. The summed E-state index contributed by atoms with van der Waals surface area (Å²) < 4.78 is 0. The maximum atomic E-state index is 9.44. The molecule has 21 heavy (non-hydrogen) atoms. The Morgan fingerprint density at radius 1 is 1.24 bits per heavy atom. The predicted octanol–water partition coefficient (Wildman–Crippen LogP) is 2.34. The van der Waals surface area contributed by atoms with Crippen molar-refractivity contribution in [3.63, 3.8) is 0 Å². The zero-order valence-electron chi connectivity index (χ0n) is 12.4. The minimum absolute atomic E-state index is 0.466. The number of fused-ring (bicyclic) bond motifs is 4. The Bertz CT molecular complexity index is 581. The number of anilines is 1. The first kappa shape index (κ1) is 13.1. The monoisotopic (exact) mass is 282 g/mol. The third-order valence-corrected chi connectivity index (χ3v) is 5.40. The van der Waals surface area contributed by atoms with Gasteiger partial charge in [-0.2, -0.15) is 5.26 Å². The maximum Gasteiger partial charge on any atom is 0.144 e. The van der Waals surface area contributed by atoms with E-state index in [1.54, 1.807) is 0 Å². The normalized spacial score (nSPS) is 30.5. The van der Waals surface area contributed by atoms with Gasteiger partial charge < -0.3 is 10.2 Å². The van der Waals surface area contributed by atoms with Crippen LogP contribution in [0, 0.1) is 17.2 Å². The average molecular weight is 282 g/mol. The van der Waals surface area contributed by atoms with E-state index >= 15 is 0 Å². The molecule has 1 atom stereocenters. The van der Waals surface area contributed by atoms with Crippen LogP contribution in [0.25, 0.3) is 0 Å². The Balaban J connectivity index is 1.61. The van der Waals surface area contributed by atoms with Gasteiger partial charge in [0.2, 0.25) is 0 Å². The number of hydrogen-bond acceptors (Lipinski definition) is 4. The van der Waals surface area contributed by atoms with Gasteiger partial charge in [0.05, 0.1) is 5.56 Å². The summed E-state index contributed by atoms with van der Waals surface area (Å²) in [6, 6.07) is 4.88. The molecule has 3 aliphatic heterocycles. The summed E-state index contributed by atoms with van der Waals surface area (Å²) in [4.78, 5) is 7.34. The minimum Gasteiger partial charge on any atom is -0.365 e. The van der Waals surface area contributed by atoms with Gasteiger partial charge >= 0.3 is 0 Å². The number of nitrogens with zero attached hydrogens (tertiary/aromatic N) is 3. The fraction of sp³-hybridized carbons (Fsp3) is 0.647. The minimum atomic E-state index is 0.466. The fourth-order valence-corrected chi connectivity index (χ4v) is 4.13. The number of hydrogen-bond donors (Lipinski definition) is 1. The molecule has 110 valence electrons. The van der Waals surface area contributed by atoms with E-state index < -0.39 is 0 Å². The number of aryl methyl sites for hydroxylation is 2. The van der Waals surface area contributed by atoms with E-state index in [2.05, 4.69) is 22.4 Å². The van der Waals surface area contributed by atoms with E-state index in [1.807, 2.05) is 0 Å². The number of nitriles is 1. The second-order valence-electron chi connectivity index (χ2n) is 6.70. The van der Waals surface area contributed by atoms with Crippen LogP contribution < -0.4 is 5.32 Å². The Hall–Kier alpha value is -1.60. The van der Waals surface area contributed by atoms with Crippen molar-refractivity contribution in [1.29, 1.82) is 5.26 Å². The molecule has 4 nitrogen and oxygen atoms in total. The number of rotatable bonds is 2. The van der Waals surface area contributed by atoms with Crippen LogP contribution in [-0.2, 0) is 12.8 Å². The third kappa shape index (κ3) is 2.40. The summed E-state index contributed by atoms with van der Waals surface area (Å²) in [5, 5.41) is 13.0. The summed E-state index contributed by atoms with van der Waals surface area (Å²) in [5.41, 5.74) is 3.23. The molecule has 4 heterocycles. The van der Waals surface area contributed by atoms with Gasteiger partial charge in [-0.3, -0.25) is 0 Å². The summed E-state index contributed by atoms with van der Waals surface area (Å²) in [6.07, 6.45) is 7.17. The molecule has 4 heteroatoms. The van der Waals surface area contributed by atoms with Crippen LogP contribution in [0.3, 0.4) is 0 Å². The molecule has 0 spiro atoms. The topological polar surface area (TPSA) is 52.0 Å². The molecule has 0 aromatic carbocycles. The van der Waals surface area contributed by atoms with E-state index in [9.17, 15) is 5.26 Å². The predicted molar refractivity (Wildman–Crippen MR) is 82.2 cm³/mol. The zero-order chi connectivity index (χ0) is 14.2. The van der Waals surface area contributed by atoms with Crippen molar-refractivity contribution in [2.75, 3.05) is 25.0 Å². The van der Waals surface area contributed by atoms with E-state index in [4.69, 9.17) is 4.98 Å². The van der Waals surface area contributed by atoms with Crippen molar-refractivity contribution in [2.45, 2.75) is 44.6 Å². The van der Waals surface area contributed by atoms with Crippen molar-refractivity contribution < 1.29 is 0 Å². The van der Waals surface area contributed by atoms with Gasteiger partial charge in [0.15, 0.2) is 0 Å². The van der Waals surface area contributed by atoms with Crippen LogP contribution >= 0.6 is 0 Å². The SMILES string of the molecule is N#Cc1cc2c(nc1NC1CN3CCC1CC3)CCCC2. The highest BCUT2D eigenvalue weighted by Gasteiger charge is 2.34. The van der Waals surface area contributed by atoms with Gasteiger partial charge in [-0.15, -0.1) is 0 Å². The molecular weight excluding hydrogens is 260 g/mol. The first-order valence-electron chi connectivity index (χ1n) is 8.25. The number of aromatic nitrogens is 1. The second kappa shape index (κ2) is 5.31. The molecule has 1 aromatic rings. The van der Waals surface area contributed by atoms with Gasteiger partial charge in [0.25, 0.3) is 0 Å². The third-order valence-electron chi connectivity index (χ3n) is 5.40. The number of piperidine rings is 3. The van der Waals surface area contributed by atoms with E-state index in [0.29, 0.717) is 6.04 Å². The van der Waals surface area contributed by atoms with E-state index in [1.165, 1.54) is 50.0 Å². The highest BCUT2D eigenvalue weighted by molar-refractivity contribution is 5.55. The lowest BCUT2D eigenvalue weighted by Crippen LogP contribution is -2.53. The summed E-state index contributed by atoms with van der Waals surface area (Å²) in [7, 11) is 0. The lowest BCUT2D eigenvalue weighted by molar-refractivity contribution is 0.0973. The largest absolute Gasteiger partial charge is 0.365 e. The van der Waals surface area contributed by atoms with Crippen molar-refractivity contribution in [1.82, 2.24) is 9.88 Å². The van der Waals surface area contributed by atoms with E-state index in [-0.39, 0.29) is 0 Å². The van der Waals surface area contributed by atoms with Crippen LogP contribution in [0.5, 0.6) is 0 Å². The Kier molecular flexibility index (Phi) is 3.31. The summed E-state index contributed by atoms with van der Waals surface area (Å²) >= 11 is 0. The Morgan fingerprint density at radius 3 is 2.76 bits per heavy atom. The first-order valence-corrected chi connectivity index (χ1v) is 8.25. The first-order chi connectivity index (χ1) is 10.3. The highest BCUT2D eigenvalue weighted by Crippen LogP contribution is 2.31. The molecule has 1 N–H and O–H groups in total. The van der Waals surface area contributed by atoms with Crippen LogP contribution in [0.2, 0.25) is 0 Å². The lowest BCUT2D eigenvalue weighted by atomic mass is 9.84. The van der Waals surface area contributed by atoms with Gasteiger partial charge in [0, 0.05) is 18.3 Å². The van der Waals surface area contributed by atoms with Crippen LogP contribution in [0.1, 0.15) is 42.5 Å². The molecule has 0 saturated carbocycles. The Morgan fingerprint density at radius 2 is 2.05 bits per heavy atom. The molecule has 4 aliphatic rings. The fourth-order valence-electron chi connectivity index (χ4n) is 4.13. The molecule has 1 aliphatic carbocycles. The smallest absolute Gasteiger partial charge is 0.144 e. The van der Waals surface area contributed by atoms with Gasteiger partial charge in [-0.05, 0) is 69.2 Å². The van der Waals surface area contributed by atoms with Crippen molar-refractivity contribution in [2.24, 2.45) is 5.92 Å². The Labute approximate surface area is 126 Å². The molecule has 3 saturated heterocycles. The molecule has 1 aromatic heterocycles. The van der Waals surface area contributed by atoms with Gasteiger partial charge in [-0.25, -0.2) is 4.98 Å². The zero-order valence-corrected chi connectivity index (χ0v) is 12.4. The summed E-state index contributed by atoms with van der Waals surface area (Å²) in [5.74, 6) is 1.58. The number of pyridine rings is 1. The van der Waals surface area contributed by atoms with Crippen molar-refractivity contribution in [3.8, 4) is 6.07 Å². The van der Waals surface area contributed by atoms with Gasteiger partial charge in [0.1, 0.15) is 11.9 Å². The van der Waals surface area contributed by atoms with Crippen LogP contribution in [-0.4, -0.2) is 35.6 Å². The molecule has 1 unspecified atom stereocenters. The molecule has 5 rings (SSSR count). The van der Waals surface area contributed by atoms with Crippen LogP contribution in [0.4, 0.5) is 5.82 Å². The second-order valence-corrected chi connectivity index (χ2v) is 6.70. The molecule has 3 fully saturated rings. The van der Waals surface area contributed by atoms with Crippen molar-refractivity contribution in [3.05, 3.63) is 22.9 Å². The standard InChI is InChI=1S/C17H22N4/c18-10-14-9-13-3-1-2-4-15(13)19-17(14)20-16-11-21-7-5-12(16)6-8-21/h9,12,16H,1-8,11H2,(H,19,20). The molecular formula is C17H22N4. The maximum absolute atomic E-state index is 9.44. The molecule has 2 bridgehead atoms. The van der Waals surface area contributed by atoms with Gasteiger partial charge in [-0.1, -0.05) is 0 Å². The van der Waals surface area contributed by atoms with E-state index in [0.717, 1.165) is 36.7 Å². The summed E-state index contributed by atoms with van der Waals surface area (Å²) in [6.45, 7) is 3.59. The lowest BCUT2D eigenvalue weighted by Gasteiger charge is -2.45. The van der Waals surface area contributed by atoms with Crippen LogP contribution in [0.15, 0.2) is 6.07 Å². The quantitative estimate of drug-likeness (QED) is 0.904. The highest BCUT2D eigenvalue weighted by atomic mass is 15.2. The average Bonchev–Trinajstić information content (AvgIpc) is 2.55. The van der Waals surface area contributed by atoms with Crippen molar-refractivity contribution >= 4 is 5.82 Å².